The summed E-state index contributed by atoms with van der Waals surface area (Å²) in [6, 6.07) is 19.2. The molecule has 390 valence electrons. The van der Waals surface area contributed by atoms with Crippen molar-refractivity contribution >= 4 is 73.7 Å². The van der Waals surface area contributed by atoms with E-state index >= 15 is 0 Å². The molecule has 0 aliphatic carbocycles. The molecule has 0 radical (unpaired) electrons. The Bertz CT molecular complexity index is 2960. The molecular weight excluding hydrogens is 1000 g/mol. The van der Waals surface area contributed by atoms with Crippen LogP contribution >= 0.6 is 11.3 Å². The number of nitrogens with zero attached hydrogens (tertiary/aromatic N) is 3. The van der Waals surface area contributed by atoms with E-state index in [2.05, 4.69) is 31.6 Å². The van der Waals surface area contributed by atoms with E-state index < -0.39 is 63.5 Å². The molecule has 5 aromatic rings. The third kappa shape index (κ3) is 15.0. The summed E-state index contributed by atoms with van der Waals surface area (Å²) in [5.41, 5.74) is 2.75. The van der Waals surface area contributed by atoms with Gasteiger partial charge in [-0.05, 0) is 48.4 Å². The van der Waals surface area contributed by atoms with E-state index in [1.54, 1.807) is 29.6 Å². The van der Waals surface area contributed by atoms with Gasteiger partial charge in [0.25, 0.3) is 35.4 Å². The minimum atomic E-state index is -3.64. The number of ether oxygens (including phenoxy) is 5. The molecule has 2 aliphatic rings. The number of hydrogen-bond donors (Lipinski definition) is 5. The summed E-state index contributed by atoms with van der Waals surface area (Å²) in [5.74, 6) is -4.39. The van der Waals surface area contributed by atoms with Crippen molar-refractivity contribution < 1.29 is 70.5 Å². The van der Waals surface area contributed by atoms with Crippen LogP contribution in [0, 0.1) is 0 Å². The molecule has 0 saturated carbocycles. The second kappa shape index (κ2) is 25.8. The van der Waals surface area contributed by atoms with Crippen LogP contribution in [0.4, 0.5) is 5.13 Å². The van der Waals surface area contributed by atoms with Gasteiger partial charge < -0.3 is 45.0 Å². The van der Waals surface area contributed by atoms with Crippen molar-refractivity contribution in [1.29, 1.82) is 0 Å². The van der Waals surface area contributed by atoms with Gasteiger partial charge in [0, 0.05) is 48.4 Å². The molecule has 7 rings (SSSR count). The standard InChI is InChI=1S/C49H52N8O15S2/c1-74(66,67)56-18-15-34(26-56)44(61)52-38(45(62)55-49-53-39(30-73-49)32-5-3-2-4-6-32)28-71-27-31-7-9-33(10-8-31)43(60)51-17-20-69-22-24-70-23-21-68-19-16-50-42(59)29-72-35-11-12-36-37(25-35)48(65)57(47(36)64)40-13-14-41(58)54-46(40)63/h2-12,15,18,25-26,30,38,40H,13-14,16-17,19-24,27-29H2,1H3,(H,50,59)(H,51,60)(H,52,61)(H,53,55,62)(H,54,58,63)/t38-,40?/m0/s1. The Labute approximate surface area is 428 Å². The van der Waals surface area contributed by atoms with Gasteiger partial charge in [0.05, 0.1) is 81.5 Å². The normalized spacial score (nSPS) is 14.8. The van der Waals surface area contributed by atoms with Crippen molar-refractivity contribution in [2.24, 2.45) is 0 Å². The number of aromatic nitrogens is 2. The number of imide groups is 2. The number of carbonyl (C=O) groups is 8. The summed E-state index contributed by atoms with van der Waals surface area (Å²) < 4.78 is 52.6. The SMILES string of the molecule is CS(=O)(=O)n1ccc(C(=O)N[C@@H](COCc2ccc(C(=O)NCCOCCOCCOCCNC(=O)COc3ccc4c(c3)C(=O)N(C3CCC(=O)NC3=O)C4=O)cc2)C(=O)Nc2nc(-c3ccccc3)cs2)c1. The predicted octanol–water partition coefficient (Wildman–Crippen LogP) is 1.75. The van der Waals surface area contributed by atoms with Gasteiger partial charge in [0.1, 0.15) is 17.8 Å². The van der Waals surface area contributed by atoms with Crippen LogP contribution in [0.25, 0.3) is 11.3 Å². The number of thiazole rings is 1. The zero-order chi connectivity index (χ0) is 52.6. The maximum atomic E-state index is 13.5. The number of nitrogens with one attached hydrogen (secondary N) is 5. The quantitative estimate of drug-likeness (QED) is 0.0370. The average molecular weight is 1060 g/mol. The lowest BCUT2D eigenvalue weighted by Gasteiger charge is -2.27. The number of rotatable bonds is 27. The summed E-state index contributed by atoms with van der Waals surface area (Å²) in [6.45, 7) is 1.39. The Morgan fingerprint density at radius 3 is 2.18 bits per heavy atom. The second-order valence-electron chi connectivity index (χ2n) is 16.5. The molecule has 74 heavy (non-hydrogen) atoms. The molecule has 1 unspecified atom stereocenters. The van der Waals surface area contributed by atoms with E-state index in [1.807, 2.05) is 30.3 Å². The maximum absolute atomic E-state index is 13.5. The monoisotopic (exact) mass is 1060 g/mol. The van der Waals surface area contributed by atoms with Crippen molar-refractivity contribution in [3.8, 4) is 17.0 Å². The summed E-state index contributed by atoms with van der Waals surface area (Å²) in [5, 5.41) is 15.0. The van der Waals surface area contributed by atoms with Crippen LogP contribution < -0.4 is 31.3 Å². The summed E-state index contributed by atoms with van der Waals surface area (Å²) in [6.07, 6.45) is 3.41. The first-order valence-electron chi connectivity index (χ1n) is 23.1. The lowest BCUT2D eigenvalue weighted by Crippen LogP contribution is -2.54. The van der Waals surface area contributed by atoms with Crippen LogP contribution in [0.15, 0.2) is 96.6 Å². The lowest BCUT2D eigenvalue weighted by molar-refractivity contribution is -0.136. The van der Waals surface area contributed by atoms with Crippen LogP contribution in [-0.2, 0) is 54.8 Å². The molecule has 5 N–H and O–H groups in total. The number of fused-ring (bicyclic) bond motifs is 1. The van der Waals surface area contributed by atoms with Crippen molar-refractivity contribution in [2.45, 2.75) is 31.5 Å². The number of amides is 8. The van der Waals surface area contributed by atoms with Gasteiger partial charge >= 0.3 is 0 Å². The lowest BCUT2D eigenvalue weighted by atomic mass is 10.0. The van der Waals surface area contributed by atoms with Crippen LogP contribution in [0.3, 0.4) is 0 Å². The number of carbonyl (C=O) groups excluding carboxylic acids is 8. The molecule has 1 saturated heterocycles. The third-order valence-corrected chi connectivity index (χ3v) is 12.9. The molecule has 0 bridgehead atoms. The van der Waals surface area contributed by atoms with Gasteiger partial charge in [-0.15, -0.1) is 11.3 Å². The van der Waals surface area contributed by atoms with E-state index in [0.717, 1.165) is 26.9 Å². The molecule has 1 fully saturated rings. The zero-order valence-electron chi connectivity index (χ0n) is 39.9. The summed E-state index contributed by atoms with van der Waals surface area (Å²) >= 11 is 1.21. The molecule has 2 aromatic heterocycles. The Kier molecular flexibility index (Phi) is 18.9. The van der Waals surface area contributed by atoms with Gasteiger partial charge in [-0.25, -0.2) is 13.4 Å². The maximum Gasteiger partial charge on any atom is 0.262 e. The average Bonchev–Trinajstić information content (AvgIpc) is 4.14. The fourth-order valence-electron chi connectivity index (χ4n) is 7.34. The van der Waals surface area contributed by atoms with E-state index in [-0.39, 0.29) is 114 Å². The fraction of sp³-hybridized carbons (Fsp3) is 0.327. The summed E-state index contributed by atoms with van der Waals surface area (Å²) in [7, 11) is -3.64. The highest BCUT2D eigenvalue weighted by molar-refractivity contribution is 7.89. The Morgan fingerprint density at radius 1 is 0.797 bits per heavy atom. The second-order valence-corrected chi connectivity index (χ2v) is 19.3. The minimum Gasteiger partial charge on any atom is -0.484 e. The molecule has 2 atom stereocenters. The largest absolute Gasteiger partial charge is 0.484 e. The Morgan fingerprint density at radius 2 is 1.49 bits per heavy atom. The molecule has 3 aromatic carbocycles. The predicted molar refractivity (Wildman–Crippen MR) is 265 cm³/mol. The molecule has 25 heteroatoms. The van der Waals surface area contributed by atoms with Crippen molar-refractivity contribution in [2.75, 3.05) is 77.5 Å². The van der Waals surface area contributed by atoms with Crippen molar-refractivity contribution in [3.05, 3.63) is 124 Å². The molecule has 8 amide bonds. The van der Waals surface area contributed by atoms with Gasteiger partial charge in [0.15, 0.2) is 11.7 Å². The van der Waals surface area contributed by atoms with Gasteiger partial charge in [-0.3, -0.25) is 52.5 Å². The fourth-order valence-corrected chi connectivity index (χ4v) is 8.65. The number of benzene rings is 3. The molecule has 0 spiro atoms. The van der Waals surface area contributed by atoms with E-state index in [4.69, 9.17) is 23.7 Å². The first kappa shape index (κ1) is 54.1. The molecule has 23 nitrogen and oxygen atoms in total. The van der Waals surface area contributed by atoms with E-state index in [0.29, 0.717) is 22.0 Å². The van der Waals surface area contributed by atoms with E-state index in [1.165, 1.54) is 41.8 Å². The topological polar surface area (TPSA) is 298 Å². The zero-order valence-corrected chi connectivity index (χ0v) is 41.5. The van der Waals surface area contributed by atoms with Crippen LogP contribution in [-0.4, -0.2) is 154 Å². The smallest absolute Gasteiger partial charge is 0.262 e. The highest BCUT2D eigenvalue weighted by Gasteiger charge is 2.44. The number of anilines is 1. The van der Waals surface area contributed by atoms with Crippen LogP contribution in [0.2, 0.25) is 0 Å². The highest BCUT2D eigenvalue weighted by Crippen LogP contribution is 2.30. The first-order chi connectivity index (χ1) is 35.6. The molecular formula is C49H52N8O15S2. The molecule has 2 aliphatic heterocycles. The van der Waals surface area contributed by atoms with Gasteiger partial charge in [-0.1, -0.05) is 42.5 Å². The van der Waals surface area contributed by atoms with Crippen LogP contribution in [0.1, 0.15) is 59.8 Å². The van der Waals surface area contributed by atoms with Crippen molar-refractivity contribution in [1.82, 2.24) is 35.1 Å². The minimum absolute atomic E-state index is 0.00543. The first-order valence-corrected chi connectivity index (χ1v) is 25.8. The number of hydrogen-bond acceptors (Lipinski definition) is 17. The molecule has 4 heterocycles. The number of piperidine rings is 1. The van der Waals surface area contributed by atoms with Gasteiger partial charge in [-0.2, -0.15) is 0 Å². The van der Waals surface area contributed by atoms with Gasteiger partial charge in [0.2, 0.25) is 21.8 Å². The van der Waals surface area contributed by atoms with E-state index in [9.17, 15) is 46.8 Å². The van der Waals surface area contributed by atoms with Crippen molar-refractivity contribution in [3.63, 3.8) is 0 Å². The Hall–Kier alpha value is -7.68. The summed E-state index contributed by atoms with van der Waals surface area (Å²) in [4.78, 5) is 107. The Balaban J connectivity index is 0.725. The highest BCUT2D eigenvalue weighted by atomic mass is 32.2. The van der Waals surface area contributed by atoms with Crippen LogP contribution in [0.5, 0.6) is 5.75 Å². The third-order valence-electron chi connectivity index (χ3n) is 11.1.